The Morgan fingerprint density at radius 2 is 2.09 bits per heavy atom. The Morgan fingerprint density at radius 1 is 1.27 bits per heavy atom. The quantitative estimate of drug-likeness (QED) is 0.444. The number of nitrogens with one attached hydrogen (secondary N) is 1. The fraction of sp³-hybridized carbons (Fsp3) is 0.0667. The van der Waals surface area contributed by atoms with E-state index in [1.54, 1.807) is 29.9 Å². The number of carbonyl (C=O) groups excluding carboxylic acids is 1. The summed E-state index contributed by atoms with van der Waals surface area (Å²) in [4.78, 5) is 20.1. The number of thiazole rings is 1. The molecular weight excluding hydrogens is 316 g/mol. The van der Waals surface area contributed by atoms with E-state index in [0.29, 0.717) is 0 Å². The van der Waals surface area contributed by atoms with Gasteiger partial charge in [-0.3, -0.25) is 9.78 Å². The number of nitrogens with zero attached hydrogens (tertiary/aromatic N) is 3. The van der Waals surface area contributed by atoms with Crippen molar-refractivity contribution in [2.24, 2.45) is 5.10 Å². The van der Waals surface area contributed by atoms with Gasteiger partial charge in [0.15, 0.2) is 4.34 Å². The molecule has 0 saturated heterocycles. The van der Waals surface area contributed by atoms with Crippen LogP contribution in [0.2, 0.25) is 0 Å². The smallest absolute Gasteiger partial charge is 0.250 e. The Hall–Kier alpha value is -2.25. The minimum Gasteiger partial charge on any atom is -0.272 e. The summed E-state index contributed by atoms with van der Waals surface area (Å²) in [5.74, 6) is 0.127. The van der Waals surface area contributed by atoms with Crippen molar-refractivity contribution in [2.75, 3.05) is 5.75 Å². The number of amides is 1. The molecule has 0 atom stereocenters. The Labute approximate surface area is 135 Å². The number of aromatic nitrogens is 2. The third-order valence-electron chi connectivity index (χ3n) is 2.71. The van der Waals surface area contributed by atoms with Gasteiger partial charge >= 0.3 is 0 Å². The number of hydrazone groups is 1. The predicted molar refractivity (Wildman–Crippen MR) is 90.3 cm³/mol. The summed E-state index contributed by atoms with van der Waals surface area (Å²) in [5.41, 5.74) is 4.35. The number of pyridine rings is 1. The number of benzene rings is 1. The summed E-state index contributed by atoms with van der Waals surface area (Å²) in [7, 11) is 0. The molecule has 3 rings (SSSR count). The Balaban J connectivity index is 1.51. The highest BCUT2D eigenvalue weighted by Crippen LogP contribution is 2.28. The molecule has 2 aromatic heterocycles. The highest BCUT2D eigenvalue weighted by Gasteiger charge is 2.06. The van der Waals surface area contributed by atoms with E-state index >= 15 is 0 Å². The molecule has 0 radical (unpaired) electrons. The van der Waals surface area contributed by atoms with Crippen molar-refractivity contribution in [3.63, 3.8) is 0 Å². The summed E-state index contributed by atoms with van der Waals surface area (Å²) in [5, 5.41) is 3.91. The highest BCUT2D eigenvalue weighted by atomic mass is 32.2. The summed E-state index contributed by atoms with van der Waals surface area (Å²) in [6.07, 6.45) is 4.93. The number of thioether (sulfide) groups is 1. The van der Waals surface area contributed by atoms with Gasteiger partial charge in [-0.2, -0.15) is 5.10 Å². The Morgan fingerprint density at radius 3 is 2.91 bits per heavy atom. The van der Waals surface area contributed by atoms with Gasteiger partial charge in [0.1, 0.15) is 0 Å². The highest BCUT2D eigenvalue weighted by molar-refractivity contribution is 8.01. The SMILES string of the molecule is O=C(CSc1nc2ccccc2s1)NN=Cc1ccncc1. The second-order valence-electron chi connectivity index (χ2n) is 4.31. The van der Waals surface area contributed by atoms with E-state index in [9.17, 15) is 4.79 Å². The van der Waals surface area contributed by atoms with Crippen LogP contribution in [0.25, 0.3) is 10.2 Å². The molecule has 22 heavy (non-hydrogen) atoms. The number of fused-ring (bicyclic) bond motifs is 1. The van der Waals surface area contributed by atoms with Crippen molar-refractivity contribution in [2.45, 2.75) is 4.34 Å². The minimum atomic E-state index is -0.158. The first kappa shape index (κ1) is 14.7. The summed E-state index contributed by atoms with van der Waals surface area (Å²) in [6.45, 7) is 0. The first-order valence-corrected chi connectivity index (χ1v) is 8.32. The lowest BCUT2D eigenvalue weighted by Gasteiger charge is -1.97. The summed E-state index contributed by atoms with van der Waals surface area (Å²) in [6, 6.07) is 11.6. The van der Waals surface area contributed by atoms with Crippen molar-refractivity contribution in [3.05, 3.63) is 54.4 Å². The number of hydrogen-bond donors (Lipinski definition) is 1. The molecule has 0 aliphatic rings. The third-order valence-corrected chi connectivity index (χ3v) is 4.89. The molecule has 1 N–H and O–H groups in total. The van der Waals surface area contributed by atoms with Crippen molar-refractivity contribution in [1.29, 1.82) is 0 Å². The molecule has 1 aromatic carbocycles. The van der Waals surface area contributed by atoms with Crippen molar-refractivity contribution >= 4 is 45.4 Å². The second-order valence-corrected chi connectivity index (χ2v) is 6.56. The van der Waals surface area contributed by atoms with Crippen LogP contribution in [-0.2, 0) is 4.79 Å². The topological polar surface area (TPSA) is 67.2 Å². The average Bonchev–Trinajstić information content (AvgIpc) is 2.97. The Bertz CT molecular complexity index is 768. The van der Waals surface area contributed by atoms with Gasteiger partial charge in [0, 0.05) is 12.4 Å². The van der Waals surface area contributed by atoms with Crippen molar-refractivity contribution < 1.29 is 4.79 Å². The lowest BCUT2D eigenvalue weighted by Crippen LogP contribution is -2.19. The van der Waals surface area contributed by atoms with Gasteiger partial charge in [-0.15, -0.1) is 11.3 Å². The van der Waals surface area contributed by atoms with E-state index in [2.05, 4.69) is 20.5 Å². The zero-order chi connectivity index (χ0) is 15.2. The monoisotopic (exact) mass is 328 g/mol. The van der Waals surface area contributed by atoms with Gasteiger partial charge in [0.2, 0.25) is 0 Å². The molecule has 2 heterocycles. The first-order chi connectivity index (χ1) is 10.8. The summed E-state index contributed by atoms with van der Waals surface area (Å²) >= 11 is 3.00. The number of para-hydroxylation sites is 1. The molecule has 1 amide bonds. The van der Waals surface area contributed by atoms with Crippen LogP contribution in [0.5, 0.6) is 0 Å². The number of carbonyl (C=O) groups is 1. The van der Waals surface area contributed by atoms with Gasteiger partial charge in [-0.25, -0.2) is 10.4 Å². The zero-order valence-corrected chi connectivity index (χ0v) is 13.1. The maximum absolute atomic E-state index is 11.7. The Kier molecular flexibility index (Phi) is 4.77. The van der Waals surface area contributed by atoms with E-state index < -0.39 is 0 Å². The van der Waals surface area contributed by atoms with E-state index in [0.717, 1.165) is 20.1 Å². The van der Waals surface area contributed by atoms with Gasteiger partial charge in [0.05, 0.1) is 22.2 Å². The lowest BCUT2D eigenvalue weighted by molar-refractivity contribution is -0.118. The average molecular weight is 328 g/mol. The van der Waals surface area contributed by atoms with Gasteiger partial charge in [-0.05, 0) is 29.8 Å². The van der Waals surface area contributed by atoms with Crippen molar-refractivity contribution in [1.82, 2.24) is 15.4 Å². The zero-order valence-electron chi connectivity index (χ0n) is 11.5. The molecule has 0 saturated carbocycles. The first-order valence-electron chi connectivity index (χ1n) is 6.51. The van der Waals surface area contributed by atoms with Gasteiger partial charge < -0.3 is 0 Å². The molecule has 5 nitrogen and oxygen atoms in total. The maximum atomic E-state index is 11.7. The molecule has 0 aliphatic carbocycles. The van der Waals surface area contributed by atoms with Gasteiger partial charge in [-0.1, -0.05) is 23.9 Å². The predicted octanol–water partition coefficient (Wildman–Crippen LogP) is 2.93. The van der Waals surface area contributed by atoms with Crippen LogP contribution in [-0.4, -0.2) is 27.8 Å². The third kappa shape index (κ3) is 3.90. The van der Waals surface area contributed by atoms with Crippen LogP contribution in [0.15, 0.2) is 58.2 Å². The van der Waals surface area contributed by atoms with Gasteiger partial charge in [0.25, 0.3) is 5.91 Å². The van der Waals surface area contributed by atoms with E-state index in [1.807, 2.05) is 36.4 Å². The lowest BCUT2D eigenvalue weighted by atomic mass is 10.3. The molecule has 0 unspecified atom stereocenters. The molecule has 3 aromatic rings. The summed E-state index contributed by atoms with van der Waals surface area (Å²) < 4.78 is 2.01. The number of hydrogen-bond acceptors (Lipinski definition) is 6. The molecule has 7 heteroatoms. The van der Waals surface area contributed by atoms with Crippen LogP contribution in [0, 0.1) is 0 Å². The van der Waals surface area contributed by atoms with Crippen LogP contribution in [0.1, 0.15) is 5.56 Å². The van der Waals surface area contributed by atoms with Crippen molar-refractivity contribution in [3.8, 4) is 0 Å². The molecule has 0 aliphatic heterocycles. The van der Waals surface area contributed by atoms with E-state index in [1.165, 1.54) is 11.8 Å². The molecule has 0 fully saturated rings. The number of rotatable bonds is 5. The molecule has 0 spiro atoms. The molecular formula is C15H12N4OS2. The standard InChI is InChI=1S/C15H12N4OS2/c20-14(19-17-9-11-5-7-16-8-6-11)10-21-15-18-12-3-1-2-4-13(12)22-15/h1-9H,10H2,(H,19,20). The molecule has 110 valence electrons. The van der Waals surface area contributed by atoms with Crippen LogP contribution in [0.4, 0.5) is 0 Å². The molecule has 0 bridgehead atoms. The maximum Gasteiger partial charge on any atom is 0.250 e. The second kappa shape index (κ2) is 7.15. The fourth-order valence-electron chi connectivity index (χ4n) is 1.70. The van der Waals surface area contributed by atoms with Crippen LogP contribution < -0.4 is 5.43 Å². The largest absolute Gasteiger partial charge is 0.272 e. The van der Waals surface area contributed by atoms with Crippen LogP contribution >= 0.6 is 23.1 Å². The fourth-order valence-corrected chi connectivity index (χ4v) is 3.56. The van der Waals surface area contributed by atoms with E-state index in [4.69, 9.17) is 0 Å². The normalized spacial score (nSPS) is 11.1. The minimum absolute atomic E-state index is 0.158. The van der Waals surface area contributed by atoms with Crippen LogP contribution in [0.3, 0.4) is 0 Å². The van der Waals surface area contributed by atoms with E-state index in [-0.39, 0.29) is 11.7 Å².